The molecule has 1 aromatic heterocycles. The van der Waals surface area contributed by atoms with Gasteiger partial charge in [-0.2, -0.15) is 4.31 Å². The first-order valence-corrected chi connectivity index (χ1v) is 12.2. The molecule has 0 unspecified atom stereocenters. The molecule has 0 radical (unpaired) electrons. The maximum Gasteiger partial charge on any atom is 0.243 e. The average molecular weight is 462 g/mol. The van der Waals surface area contributed by atoms with Gasteiger partial charge in [0.15, 0.2) is 0 Å². The second-order valence-electron chi connectivity index (χ2n) is 7.01. The highest BCUT2D eigenvalue weighted by Crippen LogP contribution is 2.26. The van der Waals surface area contributed by atoms with Crippen LogP contribution in [0.4, 0.5) is 5.69 Å². The molecule has 0 atom stereocenters. The summed E-state index contributed by atoms with van der Waals surface area (Å²) in [6.45, 7) is 1.12. The van der Waals surface area contributed by atoms with Gasteiger partial charge in [-0.3, -0.25) is 4.79 Å². The largest absolute Gasteiger partial charge is 0.326 e. The minimum Gasteiger partial charge on any atom is -0.326 e. The number of rotatable bonds is 6. The molecule has 30 heavy (non-hydrogen) atoms. The first-order valence-electron chi connectivity index (χ1n) is 9.52. The molecule has 3 aromatic rings. The summed E-state index contributed by atoms with van der Waals surface area (Å²) in [5, 5.41) is 6.08. The van der Waals surface area contributed by atoms with Crippen molar-refractivity contribution in [3.63, 3.8) is 0 Å². The fraction of sp³-hybridized carbons (Fsp3) is 0.238. The normalized spacial score (nSPS) is 14.7. The molecule has 9 heteroatoms. The maximum absolute atomic E-state index is 12.6. The van der Waals surface area contributed by atoms with E-state index in [0.29, 0.717) is 29.5 Å². The predicted molar refractivity (Wildman–Crippen MR) is 119 cm³/mol. The Hall–Kier alpha value is -2.26. The molecular formula is C21H20ClN3O3S2. The number of nitrogens with one attached hydrogen (secondary N) is 1. The topological polar surface area (TPSA) is 79.4 Å². The summed E-state index contributed by atoms with van der Waals surface area (Å²) in [5.41, 5.74) is 2.13. The van der Waals surface area contributed by atoms with E-state index in [1.165, 1.54) is 27.8 Å². The number of hydrogen-bond donors (Lipinski definition) is 1. The van der Waals surface area contributed by atoms with Gasteiger partial charge in [0.2, 0.25) is 15.9 Å². The third kappa shape index (κ3) is 4.73. The highest BCUT2D eigenvalue weighted by atomic mass is 35.5. The third-order valence-electron chi connectivity index (χ3n) is 4.81. The van der Waals surface area contributed by atoms with Crippen molar-refractivity contribution < 1.29 is 13.2 Å². The lowest BCUT2D eigenvalue weighted by atomic mass is 10.2. The van der Waals surface area contributed by atoms with Crippen LogP contribution in [-0.2, 0) is 21.2 Å². The fourth-order valence-corrected chi connectivity index (χ4v) is 5.82. The summed E-state index contributed by atoms with van der Waals surface area (Å²) in [6.07, 6.45) is 1.91. The van der Waals surface area contributed by atoms with E-state index in [-0.39, 0.29) is 17.2 Å². The zero-order valence-electron chi connectivity index (χ0n) is 16.0. The lowest BCUT2D eigenvalue weighted by molar-refractivity contribution is -0.115. The van der Waals surface area contributed by atoms with Crippen LogP contribution in [0.2, 0.25) is 5.02 Å². The average Bonchev–Trinajstić information content (AvgIpc) is 3.41. The molecule has 4 rings (SSSR count). The molecule has 2 aromatic carbocycles. The van der Waals surface area contributed by atoms with Crippen LogP contribution < -0.4 is 5.32 Å². The lowest BCUT2D eigenvalue weighted by Crippen LogP contribution is -2.27. The number of hydrogen-bond acceptors (Lipinski definition) is 5. The molecule has 1 saturated heterocycles. The number of sulfonamides is 1. The Balaban J connectivity index is 1.39. The van der Waals surface area contributed by atoms with Gasteiger partial charge in [0.1, 0.15) is 5.01 Å². The summed E-state index contributed by atoms with van der Waals surface area (Å²) < 4.78 is 26.6. The second-order valence-corrected chi connectivity index (χ2v) is 10.2. The number of nitrogens with zero attached hydrogens (tertiary/aromatic N) is 2. The Kier molecular flexibility index (Phi) is 6.19. The Morgan fingerprint density at radius 1 is 1.13 bits per heavy atom. The third-order valence-corrected chi connectivity index (χ3v) is 7.89. The van der Waals surface area contributed by atoms with E-state index in [1.54, 1.807) is 18.2 Å². The van der Waals surface area contributed by atoms with E-state index in [2.05, 4.69) is 10.3 Å². The van der Waals surface area contributed by atoms with Crippen LogP contribution in [0, 0.1) is 0 Å². The van der Waals surface area contributed by atoms with Gasteiger partial charge in [-0.05, 0) is 49.2 Å². The van der Waals surface area contributed by atoms with E-state index in [9.17, 15) is 13.2 Å². The smallest absolute Gasteiger partial charge is 0.243 e. The number of carbonyl (C=O) groups excluding carboxylic acids is 1. The monoisotopic (exact) mass is 461 g/mol. The summed E-state index contributed by atoms with van der Waals surface area (Å²) in [5.74, 6) is -0.215. The zero-order valence-corrected chi connectivity index (χ0v) is 18.4. The van der Waals surface area contributed by atoms with E-state index in [4.69, 9.17) is 11.6 Å². The van der Waals surface area contributed by atoms with Crippen molar-refractivity contribution >= 4 is 44.6 Å². The Morgan fingerprint density at radius 3 is 2.57 bits per heavy atom. The molecule has 6 nitrogen and oxygen atoms in total. The highest BCUT2D eigenvalue weighted by molar-refractivity contribution is 7.89. The first-order chi connectivity index (χ1) is 14.4. The van der Waals surface area contributed by atoms with Crippen molar-refractivity contribution in [2.45, 2.75) is 24.2 Å². The fourth-order valence-electron chi connectivity index (χ4n) is 3.30. The molecule has 156 valence electrons. The molecule has 1 aliphatic heterocycles. The summed E-state index contributed by atoms with van der Waals surface area (Å²) in [4.78, 5) is 17.1. The van der Waals surface area contributed by atoms with Gasteiger partial charge in [0.05, 0.1) is 17.0 Å². The minimum atomic E-state index is -3.46. The number of carbonyl (C=O) groups is 1. The molecule has 0 bridgehead atoms. The van der Waals surface area contributed by atoms with Gasteiger partial charge in [-0.25, -0.2) is 13.4 Å². The van der Waals surface area contributed by atoms with Gasteiger partial charge in [-0.15, -0.1) is 11.3 Å². The van der Waals surface area contributed by atoms with Gasteiger partial charge >= 0.3 is 0 Å². The maximum atomic E-state index is 12.6. The molecule has 0 saturated carbocycles. The van der Waals surface area contributed by atoms with E-state index in [1.807, 2.05) is 23.6 Å². The first kappa shape index (κ1) is 21.0. The van der Waals surface area contributed by atoms with Crippen molar-refractivity contribution in [2.75, 3.05) is 18.4 Å². The molecule has 1 fully saturated rings. The number of amides is 1. The number of aromatic nitrogens is 1. The molecule has 2 heterocycles. The van der Waals surface area contributed by atoms with Crippen LogP contribution in [0.3, 0.4) is 0 Å². The second kappa shape index (κ2) is 8.85. The molecule has 0 aliphatic carbocycles. The predicted octanol–water partition coefficient (Wildman–Crippen LogP) is 4.43. The van der Waals surface area contributed by atoms with Crippen molar-refractivity contribution in [2.24, 2.45) is 0 Å². The van der Waals surface area contributed by atoms with E-state index in [0.717, 1.165) is 23.4 Å². The van der Waals surface area contributed by atoms with Crippen molar-refractivity contribution in [3.8, 4) is 10.6 Å². The summed E-state index contributed by atoms with van der Waals surface area (Å²) >= 11 is 7.48. The number of anilines is 1. The highest BCUT2D eigenvalue weighted by Gasteiger charge is 2.26. The zero-order chi connectivity index (χ0) is 21.1. The van der Waals surface area contributed by atoms with Crippen LogP contribution in [-0.4, -0.2) is 36.7 Å². The Morgan fingerprint density at radius 2 is 1.87 bits per heavy atom. The van der Waals surface area contributed by atoms with Crippen molar-refractivity contribution in [3.05, 3.63) is 64.6 Å². The van der Waals surface area contributed by atoms with Crippen LogP contribution >= 0.6 is 22.9 Å². The van der Waals surface area contributed by atoms with E-state index < -0.39 is 10.0 Å². The molecule has 1 N–H and O–H groups in total. The quantitative estimate of drug-likeness (QED) is 0.589. The van der Waals surface area contributed by atoms with E-state index >= 15 is 0 Å². The number of benzene rings is 2. The molecule has 1 aliphatic rings. The SMILES string of the molecule is O=C(Cc1csc(-c2cccc(Cl)c2)n1)Nc1ccc(S(=O)(=O)N2CCCC2)cc1. The Bertz CT molecular complexity index is 1150. The summed E-state index contributed by atoms with van der Waals surface area (Å²) in [6, 6.07) is 13.7. The molecule has 1 amide bonds. The van der Waals surface area contributed by atoms with Crippen molar-refractivity contribution in [1.82, 2.24) is 9.29 Å². The van der Waals surface area contributed by atoms with Crippen molar-refractivity contribution in [1.29, 1.82) is 0 Å². The number of halogens is 1. The van der Waals surface area contributed by atoms with Gasteiger partial charge in [0, 0.05) is 34.7 Å². The van der Waals surface area contributed by atoms with Crippen LogP contribution in [0.15, 0.2) is 58.8 Å². The van der Waals surface area contributed by atoms with Gasteiger partial charge in [-0.1, -0.05) is 23.7 Å². The Labute approximate surface area is 184 Å². The number of thiazole rings is 1. The minimum absolute atomic E-state index is 0.130. The van der Waals surface area contributed by atoms with Gasteiger partial charge < -0.3 is 5.32 Å². The van der Waals surface area contributed by atoms with Crippen LogP contribution in [0.1, 0.15) is 18.5 Å². The standard InChI is InChI=1S/C21H20ClN3O3S2/c22-16-5-3-4-15(12-16)21-24-18(14-29-21)13-20(26)23-17-6-8-19(9-7-17)30(27,28)25-10-1-2-11-25/h3-9,12,14H,1-2,10-11,13H2,(H,23,26). The van der Waals surface area contributed by atoms with Crippen LogP contribution in [0.25, 0.3) is 10.6 Å². The molecule has 0 spiro atoms. The molecular weight excluding hydrogens is 442 g/mol. The van der Waals surface area contributed by atoms with Crippen LogP contribution in [0.5, 0.6) is 0 Å². The lowest BCUT2D eigenvalue weighted by Gasteiger charge is -2.15. The summed E-state index contributed by atoms with van der Waals surface area (Å²) in [7, 11) is -3.46. The van der Waals surface area contributed by atoms with Gasteiger partial charge in [0.25, 0.3) is 0 Å².